The summed E-state index contributed by atoms with van der Waals surface area (Å²) in [4.78, 5) is 14.2. The molecule has 0 aliphatic heterocycles. The van der Waals surface area contributed by atoms with Gasteiger partial charge in [0.1, 0.15) is 5.75 Å². The zero-order valence-corrected chi connectivity index (χ0v) is 12.8. The number of nitrogens with two attached hydrogens (primary N) is 1. The average molecular weight is 279 g/mol. The first-order valence-electron chi connectivity index (χ1n) is 6.95. The Labute approximate surface area is 121 Å². The summed E-state index contributed by atoms with van der Waals surface area (Å²) in [5.41, 5.74) is 6.93. The molecule has 1 aromatic rings. The summed E-state index contributed by atoms with van der Waals surface area (Å²) in [5, 5.41) is 2.85. The number of hydrogen-bond donors (Lipinski definition) is 2. The standard InChI is InChI=1S/C15H25N3O2/c1-5-12(6-2)18(3)10-15(19)17-13-9-11(16)7-8-14(13)20-4/h7-9,12H,5-6,10,16H2,1-4H3,(H,17,19). The van der Waals surface area contributed by atoms with Gasteiger partial charge in [-0.05, 0) is 38.1 Å². The molecule has 1 amide bonds. The molecule has 5 nitrogen and oxygen atoms in total. The number of rotatable bonds is 7. The maximum atomic E-state index is 12.1. The first-order chi connectivity index (χ1) is 9.51. The Bertz CT molecular complexity index is 445. The Hall–Kier alpha value is -1.75. The van der Waals surface area contributed by atoms with Gasteiger partial charge in [-0.3, -0.25) is 9.69 Å². The van der Waals surface area contributed by atoms with E-state index in [4.69, 9.17) is 10.5 Å². The van der Waals surface area contributed by atoms with E-state index in [0.717, 1.165) is 12.8 Å². The smallest absolute Gasteiger partial charge is 0.238 e. The number of nitrogens with one attached hydrogen (secondary N) is 1. The van der Waals surface area contributed by atoms with Crippen molar-refractivity contribution in [1.82, 2.24) is 4.90 Å². The molecule has 1 rings (SSSR count). The number of anilines is 2. The molecular weight excluding hydrogens is 254 g/mol. The van der Waals surface area contributed by atoms with E-state index < -0.39 is 0 Å². The highest BCUT2D eigenvalue weighted by atomic mass is 16.5. The second kappa shape index (κ2) is 7.75. The molecule has 0 spiro atoms. The second-order valence-corrected chi connectivity index (χ2v) is 4.89. The van der Waals surface area contributed by atoms with Crippen LogP contribution in [0.2, 0.25) is 0 Å². The molecule has 0 bridgehead atoms. The van der Waals surface area contributed by atoms with Crippen LogP contribution in [0.25, 0.3) is 0 Å². The minimum absolute atomic E-state index is 0.0664. The Kier molecular flexibility index (Phi) is 6.31. The SMILES string of the molecule is CCC(CC)N(C)CC(=O)Nc1cc(N)ccc1OC. The first kappa shape index (κ1) is 16.3. The van der Waals surface area contributed by atoms with Gasteiger partial charge in [0, 0.05) is 11.7 Å². The zero-order valence-electron chi connectivity index (χ0n) is 12.8. The Morgan fingerprint density at radius 3 is 2.60 bits per heavy atom. The largest absolute Gasteiger partial charge is 0.495 e. The number of carbonyl (C=O) groups excluding carboxylic acids is 1. The molecule has 0 radical (unpaired) electrons. The van der Waals surface area contributed by atoms with Crippen LogP contribution < -0.4 is 15.8 Å². The summed E-state index contributed by atoms with van der Waals surface area (Å²) in [6, 6.07) is 5.61. The normalized spacial score (nSPS) is 10.9. The third-order valence-electron chi connectivity index (χ3n) is 3.46. The van der Waals surface area contributed by atoms with Crippen LogP contribution in [-0.4, -0.2) is 37.6 Å². The van der Waals surface area contributed by atoms with Gasteiger partial charge in [0.05, 0.1) is 19.3 Å². The summed E-state index contributed by atoms with van der Waals surface area (Å²) in [5.74, 6) is 0.543. The summed E-state index contributed by atoms with van der Waals surface area (Å²) >= 11 is 0. The van der Waals surface area contributed by atoms with Gasteiger partial charge in [0.25, 0.3) is 0 Å². The van der Waals surface area contributed by atoms with Gasteiger partial charge in [0.15, 0.2) is 0 Å². The van der Waals surface area contributed by atoms with E-state index in [0.29, 0.717) is 29.7 Å². The number of nitrogens with zero attached hydrogens (tertiary/aromatic N) is 1. The van der Waals surface area contributed by atoms with Gasteiger partial charge in [-0.15, -0.1) is 0 Å². The number of carbonyl (C=O) groups is 1. The van der Waals surface area contributed by atoms with Crippen molar-refractivity contribution >= 4 is 17.3 Å². The number of hydrogen-bond acceptors (Lipinski definition) is 4. The molecule has 0 aliphatic rings. The highest BCUT2D eigenvalue weighted by Gasteiger charge is 2.15. The lowest BCUT2D eigenvalue weighted by Gasteiger charge is -2.25. The molecule has 0 heterocycles. The van der Waals surface area contributed by atoms with E-state index in [9.17, 15) is 4.79 Å². The molecule has 20 heavy (non-hydrogen) atoms. The molecule has 0 saturated carbocycles. The molecule has 0 saturated heterocycles. The van der Waals surface area contributed by atoms with Gasteiger partial charge >= 0.3 is 0 Å². The fraction of sp³-hybridized carbons (Fsp3) is 0.533. The van der Waals surface area contributed by atoms with Crippen molar-refractivity contribution in [3.8, 4) is 5.75 Å². The summed E-state index contributed by atoms with van der Waals surface area (Å²) in [6.07, 6.45) is 2.06. The molecule has 112 valence electrons. The molecule has 5 heteroatoms. The van der Waals surface area contributed by atoms with Crippen LogP contribution in [0.4, 0.5) is 11.4 Å². The lowest BCUT2D eigenvalue weighted by atomic mass is 10.1. The minimum Gasteiger partial charge on any atom is -0.495 e. The molecule has 0 atom stereocenters. The summed E-state index contributed by atoms with van der Waals surface area (Å²) in [7, 11) is 3.53. The van der Waals surface area contributed by atoms with E-state index in [1.54, 1.807) is 25.3 Å². The Morgan fingerprint density at radius 1 is 1.40 bits per heavy atom. The second-order valence-electron chi connectivity index (χ2n) is 4.89. The lowest BCUT2D eigenvalue weighted by Crippen LogP contribution is -2.37. The molecule has 0 unspecified atom stereocenters. The molecule has 1 aromatic carbocycles. The third kappa shape index (κ3) is 4.42. The molecular formula is C15H25N3O2. The van der Waals surface area contributed by atoms with Crippen molar-refractivity contribution in [2.45, 2.75) is 32.7 Å². The Morgan fingerprint density at radius 2 is 2.05 bits per heavy atom. The van der Waals surface area contributed by atoms with Gasteiger partial charge in [-0.25, -0.2) is 0 Å². The summed E-state index contributed by atoms with van der Waals surface area (Å²) < 4.78 is 5.21. The number of benzene rings is 1. The zero-order chi connectivity index (χ0) is 15.1. The molecule has 0 aliphatic carbocycles. The fourth-order valence-electron chi connectivity index (χ4n) is 2.28. The van der Waals surface area contributed by atoms with Crippen LogP contribution in [0, 0.1) is 0 Å². The molecule has 0 fully saturated rings. The van der Waals surface area contributed by atoms with Crippen LogP contribution in [0.1, 0.15) is 26.7 Å². The summed E-state index contributed by atoms with van der Waals surface area (Å²) in [6.45, 7) is 4.61. The van der Waals surface area contributed by atoms with Crippen molar-refractivity contribution in [2.24, 2.45) is 0 Å². The predicted molar refractivity (Wildman–Crippen MR) is 83.0 cm³/mol. The van der Waals surface area contributed by atoms with Crippen molar-refractivity contribution in [3.05, 3.63) is 18.2 Å². The highest BCUT2D eigenvalue weighted by molar-refractivity contribution is 5.94. The van der Waals surface area contributed by atoms with Gasteiger partial charge in [-0.2, -0.15) is 0 Å². The third-order valence-corrected chi connectivity index (χ3v) is 3.46. The van der Waals surface area contributed by atoms with E-state index in [2.05, 4.69) is 24.1 Å². The van der Waals surface area contributed by atoms with E-state index >= 15 is 0 Å². The van der Waals surface area contributed by atoms with Crippen LogP contribution in [-0.2, 0) is 4.79 Å². The highest BCUT2D eigenvalue weighted by Crippen LogP contribution is 2.26. The maximum Gasteiger partial charge on any atom is 0.238 e. The van der Waals surface area contributed by atoms with E-state index in [-0.39, 0.29) is 5.91 Å². The molecule has 0 aromatic heterocycles. The quantitative estimate of drug-likeness (QED) is 0.752. The number of methoxy groups -OCH3 is 1. The Balaban J connectivity index is 2.69. The van der Waals surface area contributed by atoms with Crippen molar-refractivity contribution in [2.75, 3.05) is 31.8 Å². The van der Waals surface area contributed by atoms with Crippen LogP contribution >= 0.6 is 0 Å². The predicted octanol–water partition coefficient (Wildman–Crippen LogP) is 2.34. The number of ether oxygens (including phenoxy) is 1. The van der Waals surface area contributed by atoms with E-state index in [1.807, 2.05) is 7.05 Å². The lowest BCUT2D eigenvalue weighted by molar-refractivity contribution is -0.117. The number of nitrogen functional groups attached to an aromatic ring is 1. The van der Waals surface area contributed by atoms with Crippen LogP contribution in [0.15, 0.2) is 18.2 Å². The van der Waals surface area contributed by atoms with Crippen LogP contribution in [0.5, 0.6) is 5.75 Å². The van der Waals surface area contributed by atoms with Gasteiger partial charge < -0.3 is 15.8 Å². The average Bonchev–Trinajstić information content (AvgIpc) is 2.40. The number of likely N-dealkylation sites (N-methyl/N-ethyl adjacent to an activating group) is 1. The van der Waals surface area contributed by atoms with E-state index in [1.165, 1.54) is 0 Å². The minimum atomic E-state index is -0.0664. The van der Waals surface area contributed by atoms with Crippen molar-refractivity contribution in [1.29, 1.82) is 0 Å². The molecule has 3 N–H and O–H groups in total. The monoisotopic (exact) mass is 279 g/mol. The van der Waals surface area contributed by atoms with Crippen molar-refractivity contribution < 1.29 is 9.53 Å². The fourth-order valence-corrected chi connectivity index (χ4v) is 2.28. The number of amides is 1. The van der Waals surface area contributed by atoms with Crippen LogP contribution in [0.3, 0.4) is 0 Å². The first-order valence-corrected chi connectivity index (χ1v) is 6.95. The topological polar surface area (TPSA) is 67.6 Å². The van der Waals surface area contributed by atoms with Crippen molar-refractivity contribution in [3.63, 3.8) is 0 Å². The van der Waals surface area contributed by atoms with Gasteiger partial charge in [-0.1, -0.05) is 13.8 Å². The van der Waals surface area contributed by atoms with Gasteiger partial charge in [0.2, 0.25) is 5.91 Å². The maximum absolute atomic E-state index is 12.1.